The maximum atomic E-state index is 13.5. The number of hydrazone groups is 1. The molecule has 16 heavy (non-hydrogen) atoms. The summed E-state index contributed by atoms with van der Waals surface area (Å²) in [6.45, 7) is 0. The Kier molecular flexibility index (Phi) is 4.24. The van der Waals surface area contributed by atoms with Gasteiger partial charge in [-0.15, -0.1) is 0 Å². The Balaban J connectivity index is 3.00. The van der Waals surface area contributed by atoms with Crippen LogP contribution in [0.2, 0.25) is 0 Å². The SMILES string of the molecule is COc1c(C=NNC(N)=O)ccc(Br)c1F. The summed E-state index contributed by atoms with van der Waals surface area (Å²) in [6, 6.07) is 2.29. The minimum absolute atomic E-state index is 0.0318. The summed E-state index contributed by atoms with van der Waals surface area (Å²) < 4.78 is 18.7. The van der Waals surface area contributed by atoms with Crippen LogP contribution < -0.4 is 15.9 Å². The molecule has 7 heteroatoms. The molecule has 0 radical (unpaired) electrons. The van der Waals surface area contributed by atoms with E-state index in [9.17, 15) is 9.18 Å². The number of nitrogens with one attached hydrogen (secondary N) is 1. The molecule has 0 aliphatic heterocycles. The third-order valence-corrected chi connectivity index (χ3v) is 2.28. The number of nitrogens with zero attached hydrogens (tertiary/aromatic N) is 1. The molecule has 0 spiro atoms. The van der Waals surface area contributed by atoms with Crippen molar-refractivity contribution in [3.63, 3.8) is 0 Å². The van der Waals surface area contributed by atoms with Crippen molar-refractivity contribution >= 4 is 28.2 Å². The van der Waals surface area contributed by atoms with Crippen LogP contribution in [0, 0.1) is 5.82 Å². The van der Waals surface area contributed by atoms with Gasteiger partial charge in [0, 0.05) is 5.56 Å². The highest BCUT2D eigenvalue weighted by atomic mass is 79.9. The maximum absolute atomic E-state index is 13.5. The number of benzene rings is 1. The average molecular weight is 290 g/mol. The Morgan fingerprint density at radius 1 is 1.69 bits per heavy atom. The first-order valence-electron chi connectivity index (χ1n) is 4.16. The van der Waals surface area contributed by atoms with E-state index in [1.54, 1.807) is 6.07 Å². The van der Waals surface area contributed by atoms with Gasteiger partial charge in [-0.1, -0.05) is 0 Å². The molecule has 0 fully saturated rings. The lowest BCUT2D eigenvalue weighted by Crippen LogP contribution is -2.24. The molecule has 1 aromatic carbocycles. The number of ether oxygens (including phenoxy) is 1. The summed E-state index contributed by atoms with van der Waals surface area (Å²) in [5.74, 6) is -0.505. The largest absolute Gasteiger partial charge is 0.493 e. The number of primary amides is 1. The van der Waals surface area contributed by atoms with E-state index in [4.69, 9.17) is 10.5 Å². The molecule has 5 nitrogen and oxygen atoms in total. The van der Waals surface area contributed by atoms with Crippen molar-refractivity contribution in [3.05, 3.63) is 28.0 Å². The third-order valence-electron chi connectivity index (χ3n) is 1.66. The van der Waals surface area contributed by atoms with Crippen LogP contribution in [-0.2, 0) is 0 Å². The van der Waals surface area contributed by atoms with Gasteiger partial charge < -0.3 is 10.5 Å². The van der Waals surface area contributed by atoms with Gasteiger partial charge in [-0.05, 0) is 28.1 Å². The molecule has 0 aliphatic carbocycles. The van der Waals surface area contributed by atoms with Gasteiger partial charge >= 0.3 is 6.03 Å². The fourth-order valence-electron chi connectivity index (χ4n) is 1.02. The van der Waals surface area contributed by atoms with Gasteiger partial charge in [0.05, 0.1) is 17.8 Å². The van der Waals surface area contributed by atoms with Crippen LogP contribution in [0.1, 0.15) is 5.56 Å². The Morgan fingerprint density at radius 3 is 2.94 bits per heavy atom. The zero-order valence-electron chi connectivity index (χ0n) is 8.33. The lowest BCUT2D eigenvalue weighted by atomic mass is 10.2. The molecule has 86 valence electrons. The van der Waals surface area contributed by atoms with Crippen LogP contribution in [0.3, 0.4) is 0 Å². The first-order chi connectivity index (χ1) is 7.56. The Hall–Kier alpha value is -1.63. The molecule has 0 aliphatic rings. The fraction of sp³-hybridized carbons (Fsp3) is 0.111. The molecular weight excluding hydrogens is 281 g/mol. The quantitative estimate of drug-likeness (QED) is 0.655. The van der Waals surface area contributed by atoms with Crippen LogP contribution in [-0.4, -0.2) is 19.4 Å². The van der Waals surface area contributed by atoms with Crippen molar-refractivity contribution in [2.75, 3.05) is 7.11 Å². The summed E-state index contributed by atoms with van der Waals surface area (Å²) >= 11 is 3.02. The number of nitrogens with two attached hydrogens (primary N) is 1. The van der Waals surface area contributed by atoms with Gasteiger partial charge in [0.25, 0.3) is 0 Å². The first-order valence-corrected chi connectivity index (χ1v) is 4.96. The topological polar surface area (TPSA) is 76.7 Å². The fourth-order valence-corrected chi connectivity index (χ4v) is 1.33. The normalized spacial score (nSPS) is 10.4. The summed E-state index contributed by atoms with van der Waals surface area (Å²) in [7, 11) is 1.34. The van der Waals surface area contributed by atoms with Crippen molar-refractivity contribution in [2.45, 2.75) is 0 Å². The van der Waals surface area contributed by atoms with Gasteiger partial charge in [-0.25, -0.2) is 14.6 Å². The Bertz CT molecular complexity index is 437. The zero-order valence-corrected chi connectivity index (χ0v) is 9.92. The standard InChI is InChI=1S/C9H9BrFN3O2/c1-16-8-5(4-13-14-9(12)15)2-3-6(10)7(8)11/h2-4H,1H3,(H3,12,14,15). The van der Waals surface area contributed by atoms with Crippen molar-refractivity contribution in [1.82, 2.24) is 5.43 Å². The van der Waals surface area contributed by atoms with E-state index in [-0.39, 0.29) is 10.2 Å². The minimum atomic E-state index is -0.798. The number of methoxy groups -OCH3 is 1. The second-order valence-corrected chi connectivity index (χ2v) is 3.57. The minimum Gasteiger partial charge on any atom is -0.493 e. The summed E-state index contributed by atoms with van der Waals surface area (Å²) in [5, 5.41) is 3.51. The smallest absolute Gasteiger partial charge is 0.332 e. The van der Waals surface area contributed by atoms with E-state index in [1.807, 2.05) is 5.43 Å². The second-order valence-electron chi connectivity index (χ2n) is 2.72. The lowest BCUT2D eigenvalue weighted by molar-refractivity contribution is 0.249. The summed E-state index contributed by atoms with van der Waals surface area (Å²) in [4.78, 5) is 10.3. The Morgan fingerprint density at radius 2 is 2.38 bits per heavy atom. The van der Waals surface area contributed by atoms with Crippen molar-refractivity contribution in [3.8, 4) is 5.75 Å². The molecular formula is C9H9BrFN3O2. The molecule has 0 atom stereocenters. The number of carbonyl (C=O) groups is 1. The van der Waals surface area contributed by atoms with Crippen LogP contribution >= 0.6 is 15.9 Å². The van der Waals surface area contributed by atoms with E-state index in [0.717, 1.165) is 0 Å². The highest BCUT2D eigenvalue weighted by Crippen LogP contribution is 2.27. The number of carbonyl (C=O) groups excluding carboxylic acids is 1. The molecule has 0 saturated heterocycles. The van der Waals surface area contributed by atoms with Gasteiger partial charge in [0.15, 0.2) is 11.6 Å². The number of rotatable bonds is 3. The number of hydrogen-bond acceptors (Lipinski definition) is 3. The van der Waals surface area contributed by atoms with E-state index in [2.05, 4.69) is 21.0 Å². The van der Waals surface area contributed by atoms with Crippen LogP contribution in [0.5, 0.6) is 5.75 Å². The van der Waals surface area contributed by atoms with Gasteiger partial charge in [0.2, 0.25) is 0 Å². The molecule has 2 amide bonds. The summed E-state index contributed by atoms with van der Waals surface area (Å²) in [5.41, 5.74) is 7.19. The van der Waals surface area contributed by atoms with Crippen LogP contribution in [0.15, 0.2) is 21.7 Å². The first kappa shape index (κ1) is 12.4. The molecule has 0 heterocycles. The number of urea groups is 1. The van der Waals surface area contributed by atoms with E-state index in [1.165, 1.54) is 19.4 Å². The molecule has 1 rings (SSSR count). The second kappa shape index (κ2) is 5.45. The average Bonchev–Trinajstić information content (AvgIpc) is 2.23. The van der Waals surface area contributed by atoms with Gasteiger partial charge in [0.1, 0.15) is 0 Å². The van der Waals surface area contributed by atoms with Crippen LogP contribution in [0.25, 0.3) is 0 Å². The maximum Gasteiger partial charge on any atom is 0.332 e. The molecule has 0 aromatic heterocycles. The highest BCUT2D eigenvalue weighted by molar-refractivity contribution is 9.10. The predicted molar refractivity (Wildman–Crippen MR) is 61.0 cm³/mol. The van der Waals surface area contributed by atoms with E-state index < -0.39 is 11.8 Å². The molecule has 1 aromatic rings. The predicted octanol–water partition coefficient (Wildman–Crippen LogP) is 1.60. The van der Waals surface area contributed by atoms with Crippen LogP contribution in [0.4, 0.5) is 9.18 Å². The molecule has 0 unspecified atom stereocenters. The van der Waals surface area contributed by atoms with Crippen molar-refractivity contribution in [2.24, 2.45) is 10.8 Å². The summed E-state index contributed by atoms with van der Waals surface area (Å²) in [6.07, 6.45) is 1.24. The molecule has 0 saturated carbocycles. The molecule has 0 bridgehead atoms. The van der Waals surface area contributed by atoms with Crippen molar-refractivity contribution < 1.29 is 13.9 Å². The zero-order chi connectivity index (χ0) is 12.1. The number of halogens is 2. The monoisotopic (exact) mass is 289 g/mol. The number of hydrogen-bond donors (Lipinski definition) is 2. The van der Waals surface area contributed by atoms with Gasteiger partial charge in [-0.2, -0.15) is 5.10 Å². The third kappa shape index (κ3) is 2.93. The molecule has 3 N–H and O–H groups in total. The van der Waals surface area contributed by atoms with Crippen molar-refractivity contribution in [1.29, 1.82) is 0 Å². The highest BCUT2D eigenvalue weighted by Gasteiger charge is 2.11. The van der Waals surface area contributed by atoms with E-state index in [0.29, 0.717) is 5.56 Å². The number of amides is 2. The van der Waals surface area contributed by atoms with Gasteiger partial charge in [-0.3, -0.25) is 0 Å². The Labute approximate surface area is 99.6 Å². The lowest BCUT2D eigenvalue weighted by Gasteiger charge is -2.06. The van der Waals surface area contributed by atoms with E-state index >= 15 is 0 Å².